The van der Waals surface area contributed by atoms with E-state index in [0.717, 1.165) is 11.3 Å². The Bertz CT molecular complexity index is 1040. The molecule has 0 aromatic heterocycles. The van der Waals surface area contributed by atoms with Crippen LogP contribution >= 0.6 is 0 Å². The number of aliphatic hydroxyl groups is 1. The van der Waals surface area contributed by atoms with Crippen molar-refractivity contribution in [2.75, 3.05) is 20.3 Å². The van der Waals surface area contributed by atoms with Crippen LogP contribution < -0.4 is 4.74 Å². The summed E-state index contributed by atoms with van der Waals surface area (Å²) in [5, 5.41) is 21.0. The summed E-state index contributed by atoms with van der Waals surface area (Å²) in [6, 6.07) is 10.7. The molecule has 0 saturated carbocycles. The number of rotatable bonds is 5. The third-order valence-electron chi connectivity index (χ3n) is 5.43. The van der Waals surface area contributed by atoms with Crippen LogP contribution in [0.15, 0.2) is 48.0 Å². The molecule has 4 rings (SSSR count). The molecular formula is C23H23NO6. The molecule has 7 nitrogen and oxygen atoms in total. The molecule has 2 aromatic rings. The van der Waals surface area contributed by atoms with Gasteiger partial charge in [0, 0.05) is 25.6 Å². The first-order chi connectivity index (χ1) is 14.4. The first kappa shape index (κ1) is 20.0. The van der Waals surface area contributed by atoms with Crippen molar-refractivity contribution in [3.05, 3.63) is 64.7 Å². The fraction of sp³-hybridized carbons (Fsp3) is 0.304. The molecule has 2 N–H and O–H groups in total. The third kappa shape index (κ3) is 3.41. The number of methoxy groups -OCH3 is 1. The first-order valence-corrected chi connectivity index (χ1v) is 9.77. The number of phenolic OH excluding ortho intramolecular Hbond substituents is 1. The van der Waals surface area contributed by atoms with Crippen LogP contribution in [-0.4, -0.2) is 53.2 Å². The normalized spacial score (nSPS) is 22.3. The van der Waals surface area contributed by atoms with Crippen molar-refractivity contribution in [2.24, 2.45) is 0 Å². The molecule has 2 atom stereocenters. The van der Waals surface area contributed by atoms with Gasteiger partial charge in [0.15, 0.2) is 0 Å². The number of fused-ring (bicyclic) bond motifs is 1. The number of Topliss-reactive ketones (excluding diaryl/α,β-unsaturated/α-hetero) is 1. The predicted octanol–water partition coefficient (Wildman–Crippen LogP) is 2.78. The number of amides is 1. The maximum Gasteiger partial charge on any atom is 0.295 e. The summed E-state index contributed by atoms with van der Waals surface area (Å²) in [4.78, 5) is 27.0. The lowest BCUT2D eigenvalue weighted by Crippen LogP contribution is -2.32. The van der Waals surface area contributed by atoms with Crippen LogP contribution in [0.3, 0.4) is 0 Å². The van der Waals surface area contributed by atoms with E-state index in [9.17, 15) is 19.8 Å². The SMILES string of the molecule is COCCN1C(=O)C(=O)C(=C(O)c2ccc3c(c2)C[C@@H](C)O3)[C@@H]1c1cccc(O)c1. The van der Waals surface area contributed by atoms with E-state index in [-0.39, 0.29) is 36.3 Å². The highest BCUT2D eigenvalue weighted by Gasteiger charge is 2.46. The zero-order valence-corrected chi connectivity index (χ0v) is 16.8. The Morgan fingerprint density at radius 1 is 1.23 bits per heavy atom. The van der Waals surface area contributed by atoms with Gasteiger partial charge in [-0.1, -0.05) is 12.1 Å². The molecule has 2 aromatic carbocycles. The van der Waals surface area contributed by atoms with Crippen LogP contribution in [0.1, 0.15) is 29.7 Å². The van der Waals surface area contributed by atoms with Gasteiger partial charge in [0.05, 0.1) is 18.2 Å². The fourth-order valence-corrected chi connectivity index (χ4v) is 4.07. The molecule has 0 radical (unpaired) electrons. The Morgan fingerprint density at radius 2 is 2.03 bits per heavy atom. The van der Waals surface area contributed by atoms with Gasteiger partial charge in [0.2, 0.25) is 0 Å². The Hall–Kier alpha value is -3.32. The van der Waals surface area contributed by atoms with Crippen LogP contribution in [0, 0.1) is 0 Å². The summed E-state index contributed by atoms with van der Waals surface area (Å²) in [7, 11) is 1.51. The van der Waals surface area contributed by atoms with Gasteiger partial charge in [-0.25, -0.2) is 0 Å². The van der Waals surface area contributed by atoms with Crippen LogP contribution in [0.25, 0.3) is 5.76 Å². The van der Waals surface area contributed by atoms with Gasteiger partial charge in [-0.15, -0.1) is 0 Å². The maximum absolute atomic E-state index is 12.9. The van der Waals surface area contributed by atoms with Crippen molar-refractivity contribution in [1.82, 2.24) is 4.90 Å². The average molecular weight is 409 g/mol. The van der Waals surface area contributed by atoms with Crippen molar-refractivity contribution in [2.45, 2.75) is 25.5 Å². The van der Waals surface area contributed by atoms with Crippen molar-refractivity contribution in [3.63, 3.8) is 0 Å². The van der Waals surface area contributed by atoms with E-state index >= 15 is 0 Å². The molecule has 1 saturated heterocycles. The summed E-state index contributed by atoms with van der Waals surface area (Å²) in [5.41, 5.74) is 1.91. The zero-order chi connectivity index (χ0) is 21.4. The Kier molecular flexibility index (Phi) is 5.22. The molecule has 0 spiro atoms. The van der Waals surface area contributed by atoms with Crippen LogP contribution in [-0.2, 0) is 20.7 Å². The van der Waals surface area contributed by atoms with Gasteiger partial charge < -0.3 is 24.6 Å². The van der Waals surface area contributed by atoms with E-state index in [1.54, 1.807) is 30.3 Å². The molecular weight excluding hydrogens is 386 g/mol. The van der Waals surface area contributed by atoms with E-state index in [0.29, 0.717) is 17.5 Å². The second kappa shape index (κ2) is 7.84. The molecule has 0 unspecified atom stereocenters. The quantitative estimate of drug-likeness (QED) is 0.448. The summed E-state index contributed by atoms with van der Waals surface area (Å²) in [6.07, 6.45) is 0.749. The maximum atomic E-state index is 12.9. The highest BCUT2D eigenvalue weighted by atomic mass is 16.5. The standard InChI is InChI=1S/C23H23NO6/c1-13-10-16-11-15(6-7-18(16)30-13)21(26)19-20(14-4-3-5-17(25)12-14)24(8-9-29-2)23(28)22(19)27/h3-7,11-13,20,25-26H,8-10H2,1-2H3/t13-,20+/m1/s1. The number of ether oxygens (including phenoxy) is 2. The number of hydrogen-bond acceptors (Lipinski definition) is 6. The minimum absolute atomic E-state index is 0.00591. The van der Waals surface area contributed by atoms with E-state index in [1.807, 2.05) is 6.92 Å². The number of likely N-dealkylation sites (tertiary alicyclic amines) is 1. The number of aliphatic hydroxyl groups excluding tert-OH is 1. The highest BCUT2D eigenvalue weighted by Crippen LogP contribution is 2.41. The number of phenols is 1. The fourth-order valence-electron chi connectivity index (χ4n) is 4.07. The summed E-state index contributed by atoms with van der Waals surface area (Å²) < 4.78 is 10.8. The van der Waals surface area contributed by atoms with Gasteiger partial charge in [-0.05, 0) is 48.4 Å². The van der Waals surface area contributed by atoms with Crippen LogP contribution in [0.2, 0.25) is 0 Å². The van der Waals surface area contributed by atoms with E-state index in [4.69, 9.17) is 9.47 Å². The van der Waals surface area contributed by atoms with Crippen LogP contribution in [0.4, 0.5) is 0 Å². The summed E-state index contributed by atoms with van der Waals surface area (Å²) >= 11 is 0. The van der Waals surface area contributed by atoms with Gasteiger partial charge in [-0.2, -0.15) is 0 Å². The number of benzene rings is 2. The lowest BCUT2D eigenvalue weighted by Gasteiger charge is -2.25. The topological polar surface area (TPSA) is 96.3 Å². The summed E-state index contributed by atoms with van der Waals surface area (Å²) in [5.74, 6) is -0.955. The van der Waals surface area contributed by atoms with Crippen LogP contribution in [0.5, 0.6) is 11.5 Å². The summed E-state index contributed by atoms with van der Waals surface area (Å²) in [6.45, 7) is 2.37. The largest absolute Gasteiger partial charge is 0.508 e. The minimum Gasteiger partial charge on any atom is -0.508 e. The molecule has 30 heavy (non-hydrogen) atoms. The van der Waals surface area contributed by atoms with Gasteiger partial charge in [0.25, 0.3) is 11.7 Å². The Labute approximate surface area is 174 Å². The highest BCUT2D eigenvalue weighted by molar-refractivity contribution is 6.46. The lowest BCUT2D eigenvalue weighted by atomic mass is 9.94. The van der Waals surface area contributed by atoms with Crippen molar-refractivity contribution in [1.29, 1.82) is 0 Å². The lowest BCUT2D eigenvalue weighted by molar-refractivity contribution is -0.140. The molecule has 156 valence electrons. The second-order valence-corrected chi connectivity index (χ2v) is 7.54. The van der Waals surface area contributed by atoms with Gasteiger partial charge in [-0.3, -0.25) is 9.59 Å². The Morgan fingerprint density at radius 3 is 2.77 bits per heavy atom. The third-order valence-corrected chi connectivity index (χ3v) is 5.43. The molecule has 0 aliphatic carbocycles. The van der Waals surface area contributed by atoms with E-state index < -0.39 is 17.7 Å². The molecule has 1 amide bonds. The molecule has 1 fully saturated rings. The predicted molar refractivity (Wildman–Crippen MR) is 109 cm³/mol. The molecule has 2 aliphatic heterocycles. The number of carbonyl (C=O) groups excluding carboxylic acids is 2. The minimum atomic E-state index is -0.823. The molecule has 7 heteroatoms. The van der Waals surface area contributed by atoms with Crippen molar-refractivity contribution in [3.8, 4) is 11.5 Å². The van der Waals surface area contributed by atoms with Crippen molar-refractivity contribution >= 4 is 17.4 Å². The first-order valence-electron chi connectivity index (χ1n) is 9.77. The second-order valence-electron chi connectivity index (χ2n) is 7.54. The van der Waals surface area contributed by atoms with E-state index in [2.05, 4.69) is 0 Å². The van der Waals surface area contributed by atoms with Crippen molar-refractivity contribution < 1.29 is 29.3 Å². The number of nitrogens with zero attached hydrogens (tertiary/aromatic N) is 1. The van der Waals surface area contributed by atoms with Gasteiger partial charge in [0.1, 0.15) is 23.4 Å². The molecule has 0 bridgehead atoms. The van der Waals surface area contributed by atoms with Gasteiger partial charge >= 0.3 is 0 Å². The number of carbonyl (C=O) groups is 2. The number of ketones is 1. The monoisotopic (exact) mass is 409 g/mol. The molecule has 2 heterocycles. The van der Waals surface area contributed by atoms with E-state index in [1.165, 1.54) is 24.1 Å². The average Bonchev–Trinajstić information content (AvgIpc) is 3.22. The Balaban J connectivity index is 1.83. The number of aromatic hydroxyl groups is 1. The number of hydrogen-bond donors (Lipinski definition) is 2. The zero-order valence-electron chi connectivity index (χ0n) is 16.8. The smallest absolute Gasteiger partial charge is 0.295 e. The molecule has 2 aliphatic rings.